The van der Waals surface area contributed by atoms with Crippen molar-refractivity contribution in [3.63, 3.8) is 0 Å². The fraction of sp³-hybridized carbons (Fsp3) is 0.500. The second-order valence-corrected chi connectivity index (χ2v) is 4.59. The van der Waals surface area contributed by atoms with Gasteiger partial charge in [-0.15, -0.1) is 0 Å². The van der Waals surface area contributed by atoms with Crippen molar-refractivity contribution in [3.8, 4) is 0 Å². The molecule has 0 aromatic carbocycles. The zero-order valence-electron chi connectivity index (χ0n) is 8.85. The Hall–Kier alpha value is -1.20. The van der Waals surface area contributed by atoms with Crippen molar-refractivity contribution in [2.45, 2.75) is 18.9 Å². The van der Waals surface area contributed by atoms with Crippen LogP contribution in [0.1, 0.15) is 23.8 Å². The van der Waals surface area contributed by atoms with Crippen LogP contribution < -0.4 is 0 Å². The van der Waals surface area contributed by atoms with Crippen LogP contribution in [0.2, 0.25) is 5.15 Å². The van der Waals surface area contributed by atoms with Crippen molar-refractivity contribution in [2.75, 3.05) is 13.1 Å². The van der Waals surface area contributed by atoms with Crippen molar-refractivity contribution in [2.24, 2.45) is 0 Å². The van der Waals surface area contributed by atoms with E-state index in [4.69, 9.17) is 11.6 Å². The van der Waals surface area contributed by atoms with Gasteiger partial charge >= 0.3 is 0 Å². The van der Waals surface area contributed by atoms with Gasteiger partial charge in [0.1, 0.15) is 10.8 Å². The highest BCUT2D eigenvalue weighted by Gasteiger charge is 2.34. The molecule has 1 aliphatic rings. The van der Waals surface area contributed by atoms with Gasteiger partial charge in [0.15, 0.2) is 0 Å². The van der Waals surface area contributed by atoms with Crippen LogP contribution in [0.5, 0.6) is 0 Å². The Morgan fingerprint density at radius 1 is 1.56 bits per heavy atom. The van der Waals surface area contributed by atoms with Crippen LogP contribution in [-0.2, 0) is 0 Å². The Morgan fingerprint density at radius 2 is 2.31 bits per heavy atom. The third-order valence-electron chi connectivity index (χ3n) is 2.58. The van der Waals surface area contributed by atoms with Gasteiger partial charge in [-0.05, 0) is 13.3 Å². The van der Waals surface area contributed by atoms with Gasteiger partial charge in [-0.1, -0.05) is 11.6 Å². The number of aromatic nitrogens is 2. The van der Waals surface area contributed by atoms with Crippen LogP contribution in [0, 0.1) is 0 Å². The Bertz CT molecular complexity index is 405. The molecule has 1 N–H and O–H groups in total. The van der Waals surface area contributed by atoms with Crippen molar-refractivity contribution < 1.29 is 9.90 Å². The number of carbonyl (C=O) groups is 1. The number of halogens is 1. The molecular weight excluding hydrogens is 230 g/mol. The molecule has 1 atom stereocenters. The van der Waals surface area contributed by atoms with Gasteiger partial charge in [0.05, 0.1) is 18.0 Å². The van der Waals surface area contributed by atoms with E-state index in [2.05, 4.69) is 9.97 Å². The van der Waals surface area contributed by atoms with E-state index in [1.165, 1.54) is 12.4 Å². The highest BCUT2D eigenvalue weighted by atomic mass is 35.5. The summed E-state index contributed by atoms with van der Waals surface area (Å²) in [5, 5.41) is 10.0. The summed E-state index contributed by atoms with van der Waals surface area (Å²) in [6.07, 6.45) is 3.26. The number of β-amino-alcohol motifs (C(OH)–C–C–N with tert-alkyl or cyclic N) is 1. The summed E-state index contributed by atoms with van der Waals surface area (Å²) < 4.78 is 0. The lowest BCUT2D eigenvalue weighted by Gasteiger charge is -2.18. The molecule has 0 aliphatic carbocycles. The van der Waals surface area contributed by atoms with E-state index >= 15 is 0 Å². The maximum atomic E-state index is 11.9. The predicted molar refractivity (Wildman–Crippen MR) is 58.2 cm³/mol. The standard InChI is InChI=1S/C10H12ClN3O2/c1-10(16)2-3-14(6-10)9(15)7-4-13-8(11)5-12-7/h4-5,16H,2-3,6H2,1H3. The normalized spacial score (nSPS) is 24.8. The molecule has 1 fully saturated rings. The number of rotatable bonds is 1. The van der Waals surface area contributed by atoms with E-state index in [0.29, 0.717) is 19.5 Å². The van der Waals surface area contributed by atoms with Crippen LogP contribution in [0.3, 0.4) is 0 Å². The van der Waals surface area contributed by atoms with Gasteiger partial charge in [0.2, 0.25) is 0 Å². The third kappa shape index (κ3) is 2.31. The maximum absolute atomic E-state index is 11.9. The molecule has 86 valence electrons. The molecule has 5 nitrogen and oxygen atoms in total. The molecule has 1 saturated heterocycles. The highest BCUT2D eigenvalue weighted by molar-refractivity contribution is 6.29. The van der Waals surface area contributed by atoms with Crippen molar-refractivity contribution in [3.05, 3.63) is 23.2 Å². The molecule has 16 heavy (non-hydrogen) atoms. The lowest BCUT2D eigenvalue weighted by molar-refractivity contribution is 0.0568. The Balaban J connectivity index is 2.12. The van der Waals surface area contributed by atoms with Crippen LogP contribution in [0.25, 0.3) is 0 Å². The van der Waals surface area contributed by atoms with E-state index in [1.807, 2.05) is 0 Å². The minimum Gasteiger partial charge on any atom is -0.388 e. The van der Waals surface area contributed by atoms with Crippen LogP contribution in [-0.4, -0.2) is 44.6 Å². The zero-order valence-corrected chi connectivity index (χ0v) is 9.61. The summed E-state index contributed by atoms with van der Waals surface area (Å²) in [6.45, 7) is 2.58. The second-order valence-electron chi connectivity index (χ2n) is 4.20. The fourth-order valence-electron chi connectivity index (χ4n) is 1.70. The number of nitrogens with zero attached hydrogens (tertiary/aromatic N) is 3. The molecule has 1 aliphatic heterocycles. The molecule has 1 unspecified atom stereocenters. The highest BCUT2D eigenvalue weighted by Crippen LogP contribution is 2.21. The first-order valence-electron chi connectivity index (χ1n) is 4.97. The monoisotopic (exact) mass is 241 g/mol. The first kappa shape index (κ1) is 11.3. The van der Waals surface area contributed by atoms with Crippen LogP contribution >= 0.6 is 11.6 Å². The van der Waals surface area contributed by atoms with E-state index in [0.717, 1.165) is 0 Å². The number of hydrogen-bond acceptors (Lipinski definition) is 4. The van der Waals surface area contributed by atoms with Crippen molar-refractivity contribution in [1.29, 1.82) is 0 Å². The number of aliphatic hydroxyl groups is 1. The summed E-state index contributed by atoms with van der Waals surface area (Å²) in [5.41, 5.74) is -0.544. The summed E-state index contributed by atoms with van der Waals surface area (Å²) in [7, 11) is 0. The number of amides is 1. The van der Waals surface area contributed by atoms with Gasteiger partial charge in [-0.2, -0.15) is 0 Å². The minimum absolute atomic E-state index is 0.220. The van der Waals surface area contributed by atoms with Gasteiger partial charge in [-0.3, -0.25) is 4.79 Å². The molecule has 0 spiro atoms. The van der Waals surface area contributed by atoms with Crippen LogP contribution in [0.4, 0.5) is 0 Å². The largest absolute Gasteiger partial charge is 0.388 e. The molecule has 1 aromatic heterocycles. The second kappa shape index (κ2) is 3.99. The summed E-state index contributed by atoms with van der Waals surface area (Å²) in [6, 6.07) is 0. The topological polar surface area (TPSA) is 66.3 Å². The molecule has 2 rings (SSSR count). The minimum atomic E-state index is -0.796. The molecule has 0 saturated carbocycles. The maximum Gasteiger partial charge on any atom is 0.274 e. The van der Waals surface area contributed by atoms with Gasteiger partial charge in [0.25, 0.3) is 5.91 Å². The van der Waals surface area contributed by atoms with E-state index in [-0.39, 0.29) is 16.8 Å². The molecule has 1 amide bonds. The van der Waals surface area contributed by atoms with Gasteiger partial charge in [0, 0.05) is 13.1 Å². The van der Waals surface area contributed by atoms with E-state index in [1.54, 1.807) is 11.8 Å². The molecular formula is C10H12ClN3O2. The van der Waals surface area contributed by atoms with E-state index in [9.17, 15) is 9.90 Å². The van der Waals surface area contributed by atoms with Gasteiger partial charge in [-0.25, -0.2) is 9.97 Å². The first-order valence-corrected chi connectivity index (χ1v) is 5.35. The van der Waals surface area contributed by atoms with Gasteiger partial charge < -0.3 is 10.0 Å². The molecule has 1 aromatic rings. The number of hydrogen-bond donors (Lipinski definition) is 1. The lowest BCUT2D eigenvalue weighted by atomic mass is 10.1. The number of likely N-dealkylation sites (tertiary alicyclic amines) is 1. The Morgan fingerprint density at radius 3 is 2.81 bits per heavy atom. The molecule has 0 radical (unpaired) electrons. The van der Waals surface area contributed by atoms with Crippen molar-refractivity contribution in [1.82, 2.24) is 14.9 Å². The quantitative estimate of drug-likeness (QED) is 0.787. The molecule has 6 heteroatoms. The predicted octanol–water partition coefficient (Wildman–Crippen LogP) is 0.727. The fourth-order valence-corrected chi connectivity index (χ4v) is 1.80. The summed E-state index contributed by atoms with van der Waals surface area (Å²) >= 11 is 5.58. The smallest absolute Gasteiger partial charge is 0.274 e. The SMILES string of the molecule is CC1(O)CCN(C(=O)c2cnc(Cl)cn2)C1. The summed E-state index contributed by atoms with van der Waals surface area (Å²) in [4.78, 5) is 21.2. The van der Waals surface area contributed by atoms with E-state index < -0.39 is 5.60 Å². The number of carbonyl (C=O) groups excluding carboxylic acids is 1. The van der Waals surface area contributed by atoms with Crippen LogP contribution in [0.15, 0.2) is 12.4 Å². The summed E-state index contributed by atoms with van der Waals surface area (Å²) in [5.74, 6) is -0.220. The zero-order chi connectivity index (χ0) is 11.8. The Labute approximate surface area is 98.1 Å². The van der Waals surface area contributed by atoms with Crippen molar-refractivity contribution >= 4 is 17.5 Å². The third-order valence-corrected chi connectivity index (χ3v) is 2.77. The average Bonchev–Trinajstić information content (AvgIpc) is 2.59. The molecule has 0 bridgehead atoms. The Kier molecular flexibility index (Phi) is 2.82. The molecule has 2 heterocycles. The lowest BCUT2D eigenvalue weighted by Crippen LogP contribution is -2.34. The first-order chi connectivity index (χ1) is 7.48. The average molecular weight is 242 g/mol.